The zero-order valence-corrected chi connectivity index (χ0v) is 14.4. The minimum Gasteiger partial charge on any atom is -0.465 e. The summed E-state index contributed by atoms with van der Waals surface area (Å²) in [4.78, 5) is 17.7. The van der Waals surface area contributed by atoms with E-state index < -0.39 is 17.7 Å². The first-order valence-electron chi connectivity index (χ1n) is 7.61. The number of pyridine rings is 1. The van der Waals surface area contributed by atoms with Crippen LogP contribution in [-0.4, -0.2) is 44.9 Å². The highest BCUT2D eigenvalue weighted by Crippen LogP contribution is 2.39. The molecule has 1 saturated heterocycles. The van der Waals surface area contributed by atoms with Crippen molar-refractivity contribution in [2.24, 2.45) is 5.92 Å². The van der Waals surface area contributed by atoms with Gasteiger partial charge in [0.2, 0.25) is 0 Å². The second kappa shape index (κ2) is 7.03. The molecule has 2 N–H and O–H groups in total. The Bertz CT molecular complexity index is 568. The summed E-state index contributed by atoms with van der Waals surface area (Å²) in [6, 6.07) is 1.14. The molecule has 2 rings (SSSR count). The normalized spacial score (nSPS) is 19.6. The maximum absolute atomic E-state index is 12.0. The fraction of sp³-hybridized carbons (Fsp3) is 0.625. The Morgan fingerprint density at radius 3 is 2.74 bits per heavy atom. The molecule has 1 amide bonds. The number of hydrogen-bond donors (Lipinski definition) is 2. The van der Waals surface area contributed by atoms with Crippen LogP contribution in [0.3, 0.4) is 0 Å². The molecule has 6 nitrogen and oxygen atoms in total. The minimum absolute atomic E-state index is 0.00991. The van der Waals surface area contributed by atoms with Gasteiger partial charge in [-0.1, -0.05) is 11.6 Å². The largest absolute Gasteiger partial charge is 0.465 e. The van der Waals surface area contributed by atoms with Gasteiger partial charge in [0.05, 0.1) is 30.0 Å². The van der Waals surface area contributed by atoms with Gasteiger partial charge in [0.25, 0.3) is 0 Å². The highest BCUT2D eigenvalue weighted by molar-refractivity contribution is 6.30. The van der Waals surface area contributed by atoms with Gasteiger partial charge < -0.3 is 14.9 Å². The predicted molar refractivity (Wildman–Crippen MR) is 86.5 cm³/mol. The molecule has 1 aromatic rings. The highest BCUT2D eigenvalue weighted by Gasteiger charge is 2.41. The summed E-state index contributed by atoms with van der Waals surface area (Å²) in [6.07, 6.45) is 1.22. The SMILES string of the molecule is CC(C)(C)N(C(=O)O)C(c1ncc(Cl)cc1CO)C1CCOC1. The van der Waals surface area contributed by atoms with E-state index in [9.17, 15) is 15.0 Å². The second-order valence-electron chi connectivity index (χ2n) is 6.75. The number of aliphatic hydroxyl groups is 1. The van der Waals surface area contributed by atoms with Gasteiger partial charge in [-0.25, -0.2) is 4.79 Å². The van der Waals surface area contributed by atoms with Gasteiger partial charge in [-0.05, 0) is 33.3 Å². The predicted octanol–water partition coefficient (Wildman–Crippen LogP) is 3.08. The molecule has 0 radical (unpaired) electrons. The van der Waals surface area contributed by atoms with Crippen molar-refractivity contribution in [2.45, 2.75) is 45.4 Å². The van der Waals surface area contributed by atoms with Crippen molar-refractivity contribution in [3.63, 3.8) is 0 Å². The van der Waals surface area contributed by atoms with Crippen LogP contribution in [0.4, 0.5) is 4.79 Å². The average Bonchev–Trinajstić information content (AvgIpc) is 2.96. The van der Waals surface area contributed by atoms with E-state index >= 15 is 0 Å². The number of rotatable bonds is 4. The Morgan fingerprint density at radius 1 is 1.57 bits per heavy atom. The lowest BCUT2D eigenvalue weighted by molar-refractivity contribution is 0.0414. The summed E-state index contributed by atoms with van der Waals surface area (Å²) in [7, 11) is 0. The molecular formula is C16H23ClN2O4. The van der Waals surface area contributed by atoms with Crippen LogP contribution in [0.5, 0.6) is 0 Å². The van der Waals surface area contributed by atoms with Crippen molar-refractivity contribution in [3.05, 3.63) is 28.5 Å². The second-order valence-corrected chi connectivity index (χ2v) is 7.18. The minimum atomic E-state index is -1.02. The highest BCUT2D eigenvalue weighted by atomic mass is 35.5. The lowest BCUT2D eigenvalue weighted by Crippen LogP contribution is -2.50. The molecule has 1 aliphatic heterocycles. The van der Waals surface area contributed by atoms with E-state index in [-0.39, 0.29) is 12.5 Å². The summed E-state index contributed by atoms with van der Waals surface area (Å²) in [5.74, 6) is -0.00991. The summed E-state index contributed by atoms with van der Waals surface area (Å²) >= 11 is 5.96. The fourth-order valence-corrected chi connectivity index (χ4v) is 3.25. The number of aliphatic hydroxyl groups excluding tert-OH is 1. The van der Waals surface area contributed by atoms with Crippen LogP contribution in [0.2, 0.25) is 5.02 Å². The molecule has 0 aliphatic carbocycles. The van der Waals surface area contributed by atoms with Gasteiger partial charge in [0, 0.05) is 29.8 Å². The monoisotopic (exact) mass is 342 g/mol. The zero-order valence-electron chi connectivity index (χ0n) is 13.6. The lowest BCUT2D eigenvalue weighted by atomic mass is 9.88. The first-order valence-corrected chi connectivity index (χ1v) is 7.98. The number of nitrogens with zero attached hydrogens (tertiary/aromatic N) is 2. The van der Waals surface area contributed by atoms with E-state index in [0.29, 0.717) is 29.5 Å². The van der Waals surface area contributed by atoms with Crippen molar-refractivity contribution < 1.29 is 19.7 Å². The van der Waals surface area contributed by atoms with Crippen LogP contribution in [0.1, 0.15) is 44.5 Å². The maximum atomic E-state index is 12.0. The number of aromatic nitrogens is 1. The third-order valence-electron chi connectivity index (χ3n) is 4.04. The van der Waals surface area contributed by atoms with Crippen molar-refractivity contribution >= 4 is 17.7 Å². The number of ether oxygens (including phenoxy) is 1. The van der Waals surface area contributed by atoms with Gasteiger partial charge in [0.1, 0.15) is 0 Å². The summed E-state index contributed by atoms with van der Waals surface area (Å²) in [6.45, 7) is 6.36. The van der Waals surface area contributed by atoms with Crippen LogP contribution >= 0.6 is 11.6 Å². The van der Waals surface area contributed by atoms with Gasteiger partial charge in [-0.3, -0.25) is 9.88 Å². The summed E-state index contributed by atoms with van der Waals surface area (Å²) in [5.41, 5.74) is 0.474. The van der Waals surface area contributed by atoms with E-state index in [1.165, 1.54) is 11.1 Å². The van der Waals surface area contributed by atoms with Gasteiger partial charge >= 0.3 is 6.09 Å². The van der Waals surface area contributed by atoms with Crippen molar-refractivity contribution in [2.75, 3.05) is 13.2 Å². The molecule has 1 fully saturated rings. The third kappa shape index (κ3) is 3.94. The molecule has 0 saturated carbocycles. The number of amides is 1. The fourth-order valence-electron chi connectivity index (χ4n) is 3.07. The molecule has 0 spiro atoms. The Labute approximate surface area is 141 Å². The lowest BCUT2D eigenvalue weighted by Gasteiger charge is -2.42. The molecule has 2 unspecified atom stereocenters. The first-order chi connectivity index (χ1) is 10.8. The zero-order chi connectivity index (χ0) is 17.2. The smallest absolute Gasteiger partial charge is 0.408 e. The van der Waals surface area contributed by atoms with Crippen LogP contribution in [0.25, 0.3) is 0 Å². The topological polar surface area (TPSA) is 82.9 Å². The molecule has 128 valence electrons. The molecule has 2 heterocycles. The first kappa shape index (κ1) is 18.0. The van der Waals surface area contributed by atoms with Crippen LogP contribution in [-0.2, 0) is 11.3 Å². The standard InChI is InChI=1S/C16H23ClN2O4/c1-16(2,3)19(15(21)22)14(10-4-5-23-9-10)13-11(8-20)6-12(17)7-18-13/h6-7,10,14,20H,4-5,8-9H2,1-3H3,(H,21,22). The summed E-state index contributed by atoms with van der Waals surface area (Å²) in [5, 5.41) is 19.9. The van der Waals surface area contributed by atoms with Gasteiger partial charge in [-0.2, -0.15) is 0 Å². The number of carbonyl (C=O) groups is 1. The Balaban J connectivity index is 2.56. The number of hydrogen-bond acceptors (Lipinski definition) is 4. The quantitative estimate of drug-likeness (QED) is 0.878. The van der Waals surface area contributed by atoms with Crippen LogP contribution in [0, 0.1) is 5.92 Å². The van der Waals surface area contributed by atoms with E-state index in [1.54, 1.807) is 6.07 Å². The Kier molecular flexibility index (Phi) is 5.49. The van der Waals surface area contributed by atoms with Crippen molar-refractivity contribution in [1.29, 1.82) is 0 Å². The van der Waals surface area contributed by atoms with Crippen molar-refractivity contribution in [1.82, 2.24) is 9.88 Å². The molecular weight excluding hydrogens is 320 g/mol. The Hall–Kier alpha value is -1.37. The molecule has 7 heteroatoms. The molecule has 2 atom stereocenters. The van der Waals surface area contributed by atoms with E-state index in [1.807, 2.05) is 20.8 Å². The average molecular weight is 343 g/mol. The number of halogens is 1. The van der Waals surface area contributed by atoms with Gasteiger partial charge in [0.15, 0.2) is 0 Å². The molecule has 0 aromatic carbocycles. The molecule has 1 aliphatic rings. The third-order valence-corrected chi connectivity index (χ3v) is 4.24. The molecule has 0 bridgehead atoms. The maximum Gasteiger partial charge on any atom is 0.408 e. The van der Waals surface area contributed by atoms with E-state index in [0.717, 1.165) is 6.42 Å². The van der Waals surface area contributed by atoms with Crippen molar-refractivity contribution in [3.8, 4) is 0 Å². The Morgan fingerprint density at radius 2 is 2.26 bits per heavy atom. The molecule has 23 heavy (non-hydrogen) atoms. The van der Waals surface area contributed by atoms with Crippen LogP contribution < -0.4 is 0 Å². The molecule has 1 aromatic heterocycles. The van der Waals surface area contributed by atoms with E-state index in [2.05, 4.69) is 4.98 Å². The van der Waals surface area contributed by atoms with Gasteiger partial charge in [-0.15, -0.1) is 0 Å². The number of carboxylic acid groups (broad SMARTS) is 1. The van der Waals surface area contributed by atoms with Crippen LogP contribution in [0.15, 0.2) is 12.3 Å². The summed E-state index contributed by atoms with van der Waals surface area (Å²) < 4.78 is 5.46. The van der Waals surface area contributed by atoms with E-state index in [4.69, 9.17) is 16.3 Å².